The molecular weight excluding hydrogens is 439 g/mol. The average molecular weight is 469 g/mol. The van der Waals surface area contributed by atoms with Gasteiger partial charge in [0.25, 0.3) is 5.91 Å². The van der Waals surface area contributed by atoms with Crippen molar-refractivity contribution in [3.63, 3.8) is 0 Å². The molecule has 1 amide bonds. The summed E-state index contributed by atoms with van der Waals surface area (Å²) >= 11 is 0. The van der Waals surface area contributed by atoms with Gasteiger partial charge < -0.3 is 19.1 Å². The lowest BCUT2D eigenvalue weighted by Crippen LogP contribution is -2.44. The number of hydrogen-bond acceptors (Lipinski definition) is 6. The van der Waals surface area contributed by atoms with Crippen LogP contribution in [0, 0.1) is 5.82 Å². The first-order valence-electron chi connectivity index (χ1n) is 11.2. The molecule has 1 aliphatic rings. The van der Waals surface area contributed by atoms with Crippen molar-refractivity contribution in [2.45, 2.75) is 46.7 Å². The molecule has 0 aliphatic carbocycles. The first-order chi connectivity index (χ1) is 16.2. The van der Waals surface area contributed by atoms with Crippen molar-refractivity contribution in [1.82, 2.24) is 4.90 Å². The van der Waals surface area contributed by atoms with E-state index in [1.165, 1.54) is 18.2 Å². The largest absolute Gasteiger partial charge is 0.490 e. The van der Waals surface area contributed by atoms with Gasteiger partial charge in [-0.1, -0.05) is 18.2 Å². The number of amides is 1. The topological polar surface area (TPSA) is 77.4 Å². The van der Waals surface area contributed by atoms with Crippen molar-refractivity contribution in [1.29, 1.82) is 0 Å². The number of ether oxygens (including phenoxy) is 3. The van der Waals surface area contributed by atoms with Crippen LogP contribution in [0.4, 0.5) is 4.39 Å². The number of cyclic esters (lactones) is 1. The smallest absolute Gasteiger partial charge is 0.363 e. The van der Waals surface area contributed by atoms with Crippen molar-refractivity contribution >= 4 is 23.9 Å². The Morgan fingerprint density at radius 3 is 2.44 bits per heavy atom. The highest BCUT2D eigenvalue weighted by Gasteiger charge is 2.26. The Kier molecular flexibility index (Phi) is 8.04. The predicted molar refractivity (Wildman–Crippen MR) is 127 cm³/mol. The molecule has 34 heavy (non-hydrogen) atoms. The van der Waals surface area contributed by atoms with Crippen LogP contribution in [0.1, 0.15) is 45.7 Å². The molecule has 3 rings (SSSR count). The van der Waals surface area contributed by atoms with Crippen LogP contribution in [-0.2, 0) is 14.3 Å². The van der Waals surface area contributed by atoms with E-state index in [1.807, 2.05) is 34.6 Å². The third-order valence-corrected chi connectivity index (χ3v) is 5.05. The van der Waals surface area contributed by atoms with Gasteiger partial charge in [0.05, 0.1) is 12.2 Å². The highest BCUT2D eigenvalue weighted by Crippen LogP contribution is 2.30. The first-order valence-corrected chi connectivity index (χ1v) is 11.2. The molecule has 0 fully saturated rings. The van der Waals surface area contributed by atoms with Gasteiger partial charge >= 0.3 is 5.97 Å². The van der Waals surface area contributed by atoms with Crippen LogP contribution in [0.25, 0.3) is 6.08 Å². The van der Waals surface area contributed by atoms with E-state index in [0.717, 1.165) is 0 Å². The van der Waals surface area contributed by atoms with E-state index < -0.39 is 11.8 Å². The highest BCUT2D eigenvalue weighted by atomic mass is 19.1. The van der Waals surface area contributed by atoms with E-state index >= 15 is 0 Å². The first kappa shape index (κ1) is 25.0. The zero-order valence-corrected chi connectivity index (χ0v) is 20.0. The number of carbonyl (C=O) groups excluding carboxylic acids is 2. The van der Waals surface area contributed by atoms with E-state index in [1.54, 1.807) is 35.2 Å². The van der Waals surface area contributed by atoms with Gasteiger partial charge in [-0.15, -0.1) is 0 Å². The van der Waals surface area contributed by atoms with E-state index in [9.17, 15) is 14.0 Å². The summed E-state index contributed by atoms with van der Waals surface area (Å²) in [6.07, 6.45) is 1.52. The lowest BCUT2D eigenvalue weighted by Gasteiger charge is -2.30. The number of benzene rings is 2. The molecular formula is C26H29FN2O5. The summed E-state index contributed by atoms with van der Waals surface area (Å²) < 4.78 is 30.6. The molecule has 180 valence electrons. The molecule has 0 saturated carbocycles. The normalized spacial score (nSPS) is 14.4. The SMILES string of the molecule is CCOc1cc(/C=C2\N=C(c3ccccc3F)OC2=O)ccc1OCC(=O)N(C(C)C)C(C)C. The number of hydrogen-bond donors (Lipinski definition) is 0. The Morgan fingerprint density at radius 2 is 1.79 bits per heavy atom. The predicted octanol–water partition coefficient (Wildman–Crippen LogP) is 4.59. The second-order valence-electron chi connectivity index (χ2n) is 8.23. The quantitative estimate of drug-likeness (QED) is 0.397. The maximum Gasteiger partial charge on any atom is 0.363 e. The zero-order chi connectivity index (χ0) is 24.8. The Hall–Kier alpha value is -3.68. The fraction of sp³-hybridized carbons (Fsp3) is 0.346. The molecule has 2 aromatic rings. The monoisotopic (exact) mass is 468 g/mol. The molecule has 7 nitrogen and oxygen atoms in total. The number of halogens is 1. The summed E-state index contributed by atoms with van der Waals surface area (Å²) in [5.74, 6) is -0.576. The van der Waals surface area contributed by atoms with Crippen LogP contribution >= 0.6 is 0 Å². The Morgan fingerprint density at radius 1 is 1.09 bits per heavy atom. The van der Waals surface area contributed by atoms with Crippen molar-refractivity contribution in [2.24, 2.45) is 4.99 Å². The highest BCUT2D eigenvalue weighted by molar-refractivity contribution is 6.12. The number of nitrogens with zero attached hydrogens (tertiary/aromatic N) is 2. The molecule has 1 heterocycles. The molecule has 1 aliphatic heterocycles. The van der Waals surface area contributed by atoms with Crippen LogP contribution in [0.5, 0.6) is 11.5 Å². The minimum Gasteiger partial charge on any atom is -0.490 e. The van der Waals surface area contributed by atoms with Gasteiger partial charge in [0.15, 0.2) is 23.8 Å². The standard InChI is InChI=1S/C26H29FN2O5/c1-6-32-23-14-18(11-12-22(23)33-15-24(30)29(16(2)3)17(4)5)13-21-26(31)34-25(28-21)19-9-7-8-10-20(19)27/h7-14,16-17H,6,15H2,1-5H3/b21-13-. The van der Waals surface area contributed by atoms with E-state index in [2.05, 4.69) is 4.99 Å². The number of carbonyl (C=O) groups is 2. The zero-order valence-electron chi connectivity index (χ0n) is 20.0. The molecule has 0 bridgehead atoms. The van der Waals surface area contributed by atoms with Crippen LogP contribution in [0.15, 0.2) is 53.2 Å². The van der Waals surface area contributed by atoms with Gasteiger partial charge in [-0.05, 0) is 70.5 Å². The summed E-state index contributed by atoms with van der Waals surface area (Å²) in [5.41, 5.74) is 0.757. The fourth-order valence-corrected chi connectivity index (χ4v) is 3.71. The van der Waals surface area contributed by atoms with Gasteiger partial charge in [-0.25, -0.2) is 14.2 Å². The van der Waals surface area contributed by atoms with E-state index in [4.69, 9.17) is 14.2 Å². The van der Waals surface area contributed by atoms with Crippen LogP contribution in [0.3, 0.4) is 0 Å². The lowest BCUT2D eigenvalue weighted by molar-refractivity contribution is -0.137. The second-order valence-corrected chi connectivity index (χ2v) is 8.23. The van der Waals surface area contributed by atoms with Crippen LogP contribution < -0.4 is 9.47 Å². The Bertz CT molecular complexity index is 1120. The maximum absolute atomic E-state index is 14.0. The average Bonchev–Trinajstić information content (AvgIpc) is 3.13. The van der Waals surface area contributed by atoms with Crippen molar-refractivity contribution in [2.75, 3.05) is 13.2 Å². The lowest BCUT2D eigenvalue weighted by atomic mass is 10.1. The summed E-state index contributed by atoms with van der Waals surface area (Å²) in [4.78, 5) is 30.8. The number of aliphatic imine (C=N–C) groups is 1. The molecule has 8 heteroatoms. The minimum atomic E-state index is -0.676. The number of esters is 1. The fourth-order valence-electron chi connectivity index (χ4n) is 3.71. The molecule has 0 unspecified atom stereocenters. The number of rotatable bonds is 9. The van der Waals surface area contributed by atoms with Crippen molar-refractivity contribution in [3.8, 4) is 11.5 Å². The van der Waals surface area contributed by atoms with Crippen LogP contribution in [-0.4, -0.2) is 48.0 Å². The van der Waals surface area contributed by atoms with Gasteiger partial charge in [-0.2, -0.15) is 0 Å². The van der Waals surface area contributed by atoms with Gasteiger partial charge in [0, 0.05) is 12.1 Å². The summed E-state index contributed by atoms with van der Waals surface area (Å²) in [6, 6.07) is 11.1. The van der Waals surface area contributed by atoms with Gasteiger partial charge in [-0.3, -0.25) is 4.79 Å². The maximum atomic E-state index is 14.0. The Balaban J connectivity index is 1.81. The van der Waals surface area contributed by atoms with Gasteiger partial charge in [0.1, 0.15) is 5.82 Å². The molecule has 0 atom stereocenters. The third kappa shape index (κ3) is 5.81. The summed E-state index contributed by atoms with van der Waals surface area (Å²) in [5, 5.41) is 0. The molecule has 0 saturated heterocycles. The van der Waals surface area contributed by atoms with Crippen molar-refractivity contribution in [3.05, 3.63) is 65.1 Å². The van der Waals surface area contributed by atoms with Gasteiger partial charge in [0.2, 0.25) is 5.90 Å². The van der Waals surface area contributed by atoms with Crippen molar-refractivity contribution < 1.29 is 28.2 Å². The molecule has 0 N–H and O–H groups in total. The molecule has 0 spiro atoms. The Labute approximate surface area is 198 Å². The van der Waals surface area contributed by atoms with E-state index in [-0.39, 0.29) is 41.8 Å². The summed E-state index contributed by atoms with van der Waals surface area (Å²) in [7, 11) is 0. The molecule has 0 aromatic heterocycles. The summed E-state index contributed by atoms with van der Waals surface area (Å²) in [6.45, 7) is 9.92. The third-order valence-electron chi connectivity index (χ3n) is 5.05. The minimum absolute atomic E-state index is 0.0362. The molecule has 0 radical (unpaired) electrons. The molecule has 2 aromatic carbocycles. The van der Waals surface area contributed by atoms with E-state index in [0.29, 0.717) is 23.7 Å². The van der Waals surface area contributed by atoms with Crippen LogP contribution in [0.2, 0.25) is 0 Å². The second kappa shape index (κ2) is 11.0.